The third-order valence-electron chi connectivity index (χ3n) is 6.84. The molecule has 0 radical (unpaired) electrons. The largest absolute Gasteiger partial charge is 0.445 e. The first-order valence-electron chi connectivity index (χ1n) is 11.8. The van der Waals surface area contributed by atoms with Crippen LogP contribution in [0.2, 0.25) is 0 Å². The van der Waals surface area contributed by atoms with Crippen LogP contribution in [0.25, 0.3) is 0 Å². The lowest BCUT2D eigenvalue weighted by molar-refractivity contribution is 0.0458. The third-order valence-corrected chi connectivity index (χ3v) is 6.84. The fourth-order valence-corrected chi connectivity index (χ4v) is 5.02. The standard InChI is InChI=1S/C26H28FN5O3/c1-16-14-31(26(34)35-21-12-17-4-2-3-5-18(17)13-21)11-10-23(16)32-15-22(24(28)33)25(30-32)29-20-8-6-19(27)7-9-20/h2-9,15-16,21,23H,10-14H2,1H3,(H2,28,33)(H,29,30)/t16-,23+/m1/s1. The van der Waals surface area contributed by atoms with E-state index in [1.165, 1.54) is 23.3 Å². The molecule has 5 rings (SSSR count). The van der Waals surface area contributed by atoms with Crippen LogP contribution in [0.3, 0.4) is 0 Å². The molecule has 2 aromatic carbocycles. The number of amides is 2. The number of hydrogen-bond donors (Lipinski definition) is 2. The molecule has 3 aromatic rings. The van der Waals surface area contributed by atoms with Crippen LogP contribution in [-0.4, -0.2) is 45.9 Å². The van der Waals surface area contributed by atoms with Crippen molar-refractivity contribution in [1.29, 1.82) is 0 Å². The molecule has 182 valence electrons. The van der Waals surface area contributed by atoms with Gasteiger partial charge in [0.1, 0.15) is 17.5 Å². The minimum absolute atomic E-state index is 0.0170. The van der Waals surface area contributed by atoms with Crippen molar-refractivity contribution < 1.29 is 18.7 Å². The fourth-order valence-electron chi connectivity index (χ4n) is 5.02. The minimum atomic E-state index is -0.605. The minimum Gasteiger partial charge on any atom is -0.445 e. The SMILES string of the molecule is C[C@@H]1CN(C(=O)OC2Cc3ccccc3C2)CC[C@@H]1n1cc(C(N)=O)c(Nc2ccc(F)cc2)n1. The first-order chi connectivity index (χ1) is 16.9. The zero-order valence-corrected chi connectivity index (χ0v) is 19.5. The lowest BCUT2D eigenvalue weighted by Crippen LogP contribution is -2.44. The van der Waals surface area contributed by atoms with E-state index in [0.717, 1.165) is 12.8 Å². The molecule has 2 heterocycles. The highest BCUT2D eigenvalue weighted by molar-refractivity contribution is 5.98. The van der Waals surface area contributed by atoms with E-state index >= 15 is 0 Å². The molecule has 9 heteroatoms. The van der Waals surface area contributed by atoms with Gasteiger partial charge in [0.05, 0.1) is 6.04 Å². The van der Waals surface area contributed by atoms with E-state index in [2.05, 4.69) is 22.5 Å². The van der Waals surface area contributed by atoms with Gasteiger partial charge in [-0.25, -0.2) is 9.18 Å². The Labute approximate surface area is 202 Å². The molecule has 0 bridgehead atoms. The number of nitrogens with two attached hydrogens (primary N) is 1. The highest BCUT2D eigenvalue weighted by atomic mass is 19.1. The molecule has 8 nitrogen and oxygen atoms in total. The summed E-state index contributed by atoms with van der Waals surface area (Å²) in [6.45, 7) is 3.10. The van der Waals surface area contributed by atoms with Crippen molar-refractivity contribution >= 4 is 23.5 Å². The summed E-state index contributed by atoms with van der Waals surface area (Å²) in [6.07, 6.45) is 3.39. The van der Waals surface area contributed by atoms with E-state index in [4.69, 9.17) is 10.5 Å². The second kappa shape index (κ2) is 9.40. The number of carbonyl (C=O) groups is 2. The second-order valence-corrected chi connectivity index (χ2v) is 9.33. The average Bonchev–Trinajstić information content (AvgIpc) is 3.44. The lowest BCUT2D eigenvalue weighted by Gasteiger charge is -2.36. The lowest BCUT2D eigenvalue weighted by atomic mass is 9.94. The molecular formula is C26H28FN5O3. The second-order valence-electron chi connectivity index (χ2n) is 9.33. The summed E-state index contributed by atoms with van der Waals surface area (Å²) in [5, 5.41) is 7.62. The molecule has 1 aliphatic carbocycles. The highest BCUT2D eigenvalue weighted by Gasteiger charge is 2.34. The summed E-state index contributed by atoms with van der Waals surface area (Å²) in [5.74, 6) is -0.560. The van der Waals surface area contributed by atoms with Gasteiger partial charge in [0, 0.05) is 37.8 Å². The highest BCUT2D eigenvalue weighted by Crippen LogP contribution is 2.31. The Morgan fingerprint density at radius 1 is 1.11 bits per heavy atom. The number of carbonyl (C=O) groups excluding carboxylic acids is 2. The van der Waals surface area contributed by atoms with Gasteiger partial charge in [-0.05, 0) is 47.7 Å². The van der Waals surface area contributed by atoms with Gasteiger partial charge in [-0.3, -0.25) is 9.48 Å². The van der Waals surface area contributed by atoms with Gasteiger partial charge in [0.15, 0.2) is 5.82 Å². The van der Waals surface area contributed by atoms with E-state index in [1.807, 2.05) is 19.1 Å². The average molecular weight is 478 g/mol. The molecule has 1 aliphatic heterocycles. The molecule has 3 N–H and O–H groups in total. The van der Waals surface area contributed by atoms with Crippen molar-refractivity contribution in [2.45, 2.75) is 38.3 Å². The summed E-state index contributed by atoms with van der Waals surface area (Å²) < 4.78 is 20.8. The summed E-state index contributed by atoms with van der Waals surface area (Å²) in [5.41, 5.74) is 8.91. The number of hydrogen-bond acceptors (Lipinski definition) is 5. The van der Waals surface area contributed by atoms with Crippen LogP contribution in [0.4, 0.5) is 20.7 Å². The Kier molecular flexibility index (Phi) is 6.15. The molecule has 1 aromatic heterocycles. The maximum Gasteiger partial charge on any atom is 0.410 e. The van der Waals surface area contributed by atoms with E-state index in [0.29, 0.717) is 31.0 Å². The van der Waals surface area contributed by atoms with Crippen LogP contribution < -0.4 is 11.1 Å². The number of fused-ring (bicyclic) bond motifs is 1. The molecule has 0 unspecified atom stereocenters. The van der Waals surface area contributed by atoms with Crippen molar-refractivity contribution in [1.82, 2.24) is 14.7 Å². The van der Waals surface area contributed by atoms with Crippen molar-refractivity contribution in [3.63, 3.8) is 0 Å². The molecule has 2 amide bonds. The zero-order chi connectivity index (χ0) is 24.5. The van der Waals surface area contributed by atoms with Crippen LogP contribution in [0, 0.1) is 11.7 Å². The predicted octanol–water partition coefficient (Wildman–Crippen LogP) is 4.05. The van der Waals surface area contributed by atoms with Crippen LogP contribution in [0.15, 0.2) is 54.7 Å². The smallest absolute Gasteiger partial charge is 0.410 e. The molecular weight excluding hydrogens is 449 g/mol. The first kappa shape index (κ1) is 22.9. The number of anilines is 2. The van der Waals surface area contributed by atoms with Crippen LogP contribution in [0.5, 0.6) is 0 Å². The van der Waals surface area contributed by atoms with Crippen molar-refractivity contribution in [3.05, 3.63) is 77.2 Å². The number of primary amides is 1. The molecule has 2 aliphatic rings. The van der Waals surface area contributed by atoms with Crippen LogP contribution >= 0.6 is 0 Å². The molecule has 0 saturated carbocycles. The number of rotatable bonds is 5. The number of halogens is 1. The monoisotopic (exact) mass is 477 g/mol. The summed E-state index contributed by atoms with van der Waals surface area (Å²) in [6, 6.07) is 13.9. The van der Waals surface area contributed by atoms with E-state index in [9.17, 15) is 14.0 Å². The maximum absolute atomic E-state index is 13.2. The normalized spacial score (nSPS) is 19.9. The van der Waals surface area contributed by atoms with Crippen LogP contribution in [-0.2, 0) is 17.6 Å². The molecule has 1 saturated heterocycles. The number of nitrogens with one attached hydrogen (secondary N) is 1. The van der Waals surface area contributed by atoms with Gasteiger partial charge in [-0.2, -0.15) is 5.10 Å². The summed E-state index contributed by atoms with van der Waals surface area (Å²) in [7, 11) is 0. The molecule has 1 fully saturated rings. The van der Waals surface area contributed by atoms with Gasteiger partial charge in [-0.1, -0.05) is 31.2 Å². The molecule has 2 atom stereocenters. The number of piperidine rings is 1. The van der Waals surface area contributed by atoms with Gasteiger partial charge in [0.2, 0.25) is 0 Å². The first-order valence-corrected chi connectivity index (χ1v) is 11.8. The van der Waals surface area contributed by atoms with Crippen molar-refractivity contribution in [3.8, 4) is 0 Å². The molecule has 35 heavy (non-hydrogen) atoms. The summed E-state index contributed by atoms with van der Waals surface area (Å²) >= 11 is 0. The zero-order valence-electron chi connectivity index (χ0n) is 19.5. The van der Waals surface area contributed by atoms with Crippen molar-refractivity contribution in [2.75, 3.05) is 18.4 Å². The van der Waals surface area contributed by atoms with E-state index < -0.39 is 5.91 Å². The molecule has 0 spiro atoms. The quantitative estimate of drug-likeness (QED) is 0.577. The van der Waals surface area contributed by atoms with E-state index in [1.54, 1.807) is 27.9 Å². The Balaban J connectivity index is 1.23. The number of ether oxygens (including phenoxy) is 1. The van der Waals surface area contributed by atoms with Gasteiger partial charge >= 0.3 is 6.09 Å². The number of aromatic nitrogens is 2. The van der Waals surface area contributed by atoms with Gasteiger partial charge in [0.25, 0.3) is 5.91 Å². The topological polar surface area (TPSA) is 102 Å². The predicted molar refractivity (Wildman–Crippen MR) is 129 cm³/mol. The fraction of sp³-hybridized carbons (Fsp3) is 0.346. The van der Waals surface area contributed by atoms with Crippen LogP contribution in [0.1, 0.15) is 40.9 Å². The third kappa shape index (κ3) is 4.84. The Morgan fingerprint density at radius 3 is 2.43 bits per heavy atom. The van der Waals surface area contributed by atoms with Crippen molar-refractivity contribution in [2.24, 2.45) is 11.7 Å². The number of nitrogens with zero attached hydrogens (tertiary/aromatic N) is 3. The van der Waals surface area contributed by atoms with Gasteiger partial charge < -0.3 is 20.7 Å². The Morgan fingerprint density at radius 2 is 1.80 bits per heavy atom. The maximum atomic E-state index is 13.2. The number of likely N-dealkylation sites (tertiary alicyclic amines) is 1. The Bertz CT molecular complexity index is 1220. The number of benzene rings is 2. The van der Waals surface area contributed by atoms with Gasteiger partial charge in [-0.15, -0.1) is 0 Å². The van der Waals surface area contributed by atoms with E-state index in [-0.39, 0.29) is 35.5 Å². The summed E-state index contributed by atoms with van der Waals surface area (Å²) in [4.78, 5) is 26.6. The Hall–Kier alpha value is -3.88.